The molecule has 1 aromatic carbocycles. The van der Waals surface area contributed by atoms with Gasteiger partial charge in [-0.2, -0.15) is 0 Å². The molecule has 0 fully saturated rings. The Bertz CT molecular complexity index is 401. The van der Waals surface area contributed by atoms with Gasteiger partial charge in [0.2, 0.25) is 0 Å². The van der Waals surface area contributed by atoms with Crippen molar-refractivity contribution in [2.45, 2.75) is 32.7 Å². The summed E-state index contributed by atoms with van der Waals surface area (Å²) in [7, 11) is 1.85. The molecular formula is C14H18FN. The van der Waals surface area contributed by atoms with Crippen molar-refractivity contribution >= 4 is 0 Å². The van der Waals surface area contributed by atoms with Crippen LogP contribution in [0, 0.1) is 24.6 Å². The van der Waals surface area contributed by atoms with Crippen molar-refractivity contribution in [2.75, 3.05) is 7.05 Å². The van der Waals surface area contributed by atoms with Crippen LogP contribution in [0.15, 0.2) is 18.2 Å². The molecule has 16 heavy (non-hydrogen) atoms. The van der Waals surface area contributed by atoms with Gasteiger partial charge in [0.15, 0.2) is 0 Å². The van der Waals surface area contributed by atoms with E-state index in [-0.39, 0.29) is 11.9 Å². The highest BCUT2D eigenvalue weighted by Crippen LogP contribution is 2.22. The normalized spacial score (nSPS) is 11.8. The summed E-state index contributed by atoms with van der Waals surface area (Å²) in [6, 6.07) is 5.26. The van der Waals surface area contributed by atoms with Crippen molar-refractivity contribution in [2.24, 2.45) is 0 Å². The molecule has 1 unspecified atom stereocenters. The Morgan fingerprint density at radius 3 is 2.81 bits per heavy atom. The molecule has 0 saturated heterocycles. The van der Waals surface area contributed by atoms with E-state index in [1.165, 1.54) is 6.07 Å². The lowest BCUT2D eigenvalue weighted by atomic mass is 10.00. The summed E-state index contributed by atoms with van der Waals surface area (Å²) in [5, 5.41) is 3.14. The van der Waals surface area contributed by atoms with E-state index in [1.54, 1.807) is 6.07 Å². The molecule has 0 spiro atoms. The van der Waals surface area contributed by atoms with E-state index < -0.39 is 0 Å². The molecule has 0 aliphatic carbocycles. The van der Waals surface area contributed by atoms with E-state index in [0.717, 1.165) is 24.0 Å². The van der Waals surface area contributed by atoms with E-state index in [2.05, 4.69) is 17.2 Å². The number of halogens is 1. The molecule has 1 aromatic rings. The first kappa shape index (κ1) is 12.7. The minimum Gasteiger partial charge on any atom is -0.313 e. The van der Waals surface area contributed by atoms with Crippen LogP contribution in [0.2, 0.25) is 0 Å². The number of aryl methyl sites for hydroxylation is 1. The zero-order valence-electron chi connectivity index (χ0n) is 10.1. The topological polar surface area (TPSA) is 12.0 Å². The van der Waals surface area contributed by atoms with Gasteiger partial charge >= 0.3 is 0 Å². The maximum atomic E-state index is 13.6. The van der Waals surface area contributed by atoms with Gasteiger partial charge in [-0.1, -0.05) is 17.7 Å². The van der Waals surface area contributed by atoms with Crippen LogP contribution in [0.25, 0.3) is 0 Å². The standard InChI is InChI=1S/C14H18FN/c1-4-5-6-7-14(16-3)12-10-11(2)8-9-13(12)15/h8-10,14,16H,6-7H2,1-3H3. The monoisotopic (exact) mass is 219 g/mol. The Morgan fingerprint density at radius 2 is 2.19 bits per heavy atom. The van der Waals surface area contributed by atoms with Crippen LogP contribution in [0.4, 0.5) is 4.39 Å². The summed E-state index contributed by atoms with van der Waals surface area (Å²) in [6.07, 6.45) is 1.62. The molecule has 1 rings (SSSR count). The first-order valence-corrected chi connectivity index (χ1v) is 5.52. The SMILES string of the molecule is CC#CCCC(NC)c1cc(C)ccc1F. The first-order chi connectivity index (χ1) is 7.69. The Balaban J connectivity index is 2.84. The lowest BCUT2D eigenvalue weighted by molar-refractivity contribution is 0.514. The summed E-state index contributed by atoms with van der Waals surface area (Å²) in [5.74, 6) is 5.71. The van der Waals surface area contributed by atoms with Gasteiger partial charge in [-0.3, -0.25) is 0 Å². The van der Waals surface area contributed by atoms with Gasteiger partial charge in [0.1, 0.15) is 5.82 Å². The van der Waals surface area contributed by atoms with Crippen LogP contribution in [-0.2, 0) is 0 Å². The summed E-state index contributed by atoms with van der Waals surface area (Å²) < 4.78 is 13.6. The van der Waals surface area contributed by atoms with Crippen molar-refractivity contribution in [1.82, 2.24) is 5.32 Å². The fourth-order valence-electron chi connectivity index (χ4n) is 1.73. The van der Waals surface area contributed by atoms with Crippen LogP contribution < -0.4 is 5.32 Å². The molecule has 1 atom stereocenters. The zero-order chi connectivity index (χ0) is 12.0. The third-order valence-corrected chi connectivity index (χ3v) is 2.61. The number of hydrogen-bond acceptors (Lipinski definition) is 1. The second-order valence-electron chi connectivity index (χ2n) is 3.83. The summed E-state index contributed by atoms with van der Waals surface area (Å²) >= 11 is 0. The molecule has 0 heterocycles. The van der Waals surface area contributed by atoms with Crippen molar-refractivity contribution in [3.63, 3.8) is 0 Å². The second-order valence-corrected chi connectivity index (χ2v) is 3.83. The molecule has 0 saturated carbocycles. The van der Waals surface area contributed by atoms with Gasteiger partial charge in [0.25, 0.3) is 0 Å². The highest BCUT2D eigenvalue weighted by atomic mass is 19.1. The predicted octanol–water partition coefficient (Wildman–Crippen LogP) is 3.20. The van der Waals surface area contributed by atoms with E-state index in [1.807, 2.05) is 27.0 Å². The smallest absolute Gasteiger partial charge is 0.127 e. The van der Waals surface area contributed by atoms with Crippen LogP contribution in [0.1, 0.15) is 36.9 Å². The van der Waals surface area contributed by atoms with Crippen LogP contribution >= 0.6 is 0 Å². The van der Waals surface area contributed by atoms with E-state index >= 15 is 0 Å². The Kier molecular flexibility index (Phi) is 5.01. The Hall–Kier alpha value is -1.33. The predicted molar refractivity (Wildman–Crippen MR) is 65.6 cm³/mol. The molecule has 1 nitrogen and oxygen atoms in total. The quantitative estimate of drug-likeness (QED) is 0.767. The minimum atomic E-state index is -0.144. The number of nitrogens with one attached hydrogen (secondary N) is 1. The van der Waals surface area contributed by atoms with E-state index in [4.69, 9.17) is 0 Å². The van der Waals surface area contributed by atoms with Gasteiger partial charge < -0.3 is 5.32 Å². The van der Waals surface area contributed by atoms with Crippen LogP contribution in [-0.4, -0.2) is 7.05 Å². The Morgan fingerprint density at radius 1 is 1.44 bits per heavy atom. The van der Waals surface area contributed by atoms with Crippen LogP contribution in [0.3, 0.4) is 0 Å². The average molecular weight is 219 g/mol. The number of benzene rings is 1. The zero-order valence-corrected chi connectivity index (χ0v) is 10.1. The number of hydrogen-bond donors (Lipinski definition) is 1. The molecule has 0 aromatic heterocycles. The molecular weight excluding hydrogens is 201 g/mol. The summed E-state index contributed by atoms with van der Waals surface area (Å²) in [6.45, 7) is 3.79. The van der Waals surface area contributed by atoms with Crippen molar-refractivity contribution in [3.8, 4) is 11.8 Å². The lowest BCUT2D eigenvalue weighted by Crippen LogP contribution is -2.17. The number of rotatable bonds is 4. The van der Waals surface area contributed by atoms with Gasteiger partial charge in [-0.05, 0) is 33.4 Å². The minimum absolute atomic E-state index is 0.0424. The molecule has 0 aliphatic heterocycles. The summed E-state index contributed by atoms with van der Waals surface area (Å²) in [5.41, 5.74) is 1.82. The molecule has 1 N–H and O–H groups in total. The third kappa shape index (κ3) is 3.36. The van der Waals surface area contributed by atoms with Crippen molar-refractivity contribution in [3.05, 3.63) is 35.1 Å². The molecule has 0 amide bonds. The highest BCUT2D eigenvalue weighted by Gasteiger charge is 2.13. The van der Waals surface area contributed by atoms with Crippen LogP contribution in [0.5, 0.6) is 0 Å². The van der Waals surface area contributed by atoms with Gasteiger partial charge in [-0.25, -0.2) is 4.39 Å². The second kappa shape index (κ2) is 6.30. The maximum Gasteiger partial charge on any atom is 0.127 e. The lowest BCUT2D eigenvalue weighted by Gasteiger charge is -2.16. The molecule has 2 heteroatoms. The molecule has 86 valence electrons. The van der Waals surface area contributed by atoms with Crippen molar-refractivity contribution in [1.29, 1.82) is 0 Å². The molecule has 0 bridgehead atoms. The fraction of sp³-hybridized carbons (Fsp3) is 0.429. The summed E-state index contributed by atoms with van der Waals surface area (Å²) in [4.78, 5) is 0. The maximum absolute atomic E-state index is 13.6. The molecule has 0 radical (unpaired) electrons. The average Bonchev–Trinajstić information content (AvgIpc) is 2.28. The largest absolute Gasteiger partial charge is 0.313 e. The first-order valence-electron chi connectivity index (χ1n) is 5.52. The van der Waals surface area contributed by atoms with E-state index in [0.29, 0.717) is 0 Å². The Labute approximate surface area is 97.1 Å². The van der Waals surface area contributed by atoms with Gasteiger partial charge in [0.05, 0.1) is 0 Å². The fourth-order valence-corrected chi connectivity index (χ4v) is 1.73. The van der Waals surface area contributed by atoms with Crippen molar-refractivity contribution < 1.29 is 4.39 Å². The van der Waals surface area contributed by atoms with Gasteiger partial charge in [-0.15, -0.1) is 11.8 Å². The van der Waals surface area contributed by atoms with E-state index in [9.17, 15) is 4.39 Å². The third-order valence-electron chi connectivity index (χ3n) is 2.61. The molecule has 0 aliphatic rings. The highest BCUT2D eigenvalue weighted by molar-refractivity contribution is 5.27. The van der Waals surface area contributed by atoms with Gasteiger partial charge in [0, 0.05) is 18.0 Å².